The van der Waals surface area contributed by atoms with Crippen LogP contribution >= 0.6 is 0 Å². The minimum Gasteiger partial charge on any atom is -0.395 e. The minimum absolute atomic E-state index is 0.0503. The van der Waals surface area contributed by atoms with Gasteiger partial charge < -0.3 is 44.7 Å². The average Bonchev–Trinajstić information content (AvgIpc) is 3.66. The van der Waals surface area contributed by atoms with E-state index in [4.69, 9.17) is 19.3 Å². The van der Waals surface area contributed by atoms with Gasteiger partial charge in [0.1, 0.15) is 0 Å². The summed E-state index contributed by atoms with van der Waals surface area (Å²) < 4.78 is 16.3. The molecule has 1 aromatic rings. The van der Waals surface area contributed by atoms with Crippen LogP contribution in [0.4, 0.5) is 0 Å². The molecule has 14 heteroatoms. The fraction of sp³-hybridized carbons (Fsp3) is 0.725. The van der Waals surface area contributed by atoms with Crippen LogP contribution in [0, 0.1) is 18.8 Å². The molecule has 1 heterocycles. The van der Waals surface area contributed by atoms with Crippen molar-refractivity contribution in [1.82, 2.24) is 25.3 Å². The van der Waals surface area contributed by atoms with Crippen molar-refractivity contribution >= 4 is 30.5 Å². The molecule has 14 nitrogen and oxygen atoms in total. The molecule has 0 radical (unpaired) electrons. The molecule has 312 valence electrons. The van der Waals surface area contributed by atoms with Crippen LogP contribution in [-0.4, -0.2) is 149 Å². The molecule has 3 N–H and O–H groups in total. The number of nitrogens with one attached hydrogen (secondary N) is 2. The fourth-order valence-electron chi connectivity index (χ4n) is 5.92. The van der Waals surface area contributed by atoms with Gasteiger partial charge in [-0.25, -0.2) is 0 Å². The van der Waals surface area contributed by atoms with Crippen LogP contribution in [0.5, 0.6) is 0 Å². The number of methoxy groups -OCH3 is 3. The first-order chi connectivity index (χ1) is 25.7. The molecule has 0 saturated carbocycles. The number of carbonyl (C=O) groups excluding carboxylic acids is 5. The summed E-state index contributed by atoms with van der Waals surface area (Å²) >= 11 is 0. The first-order valence-corrected chi connectivity index (χ1v) is 19.0. The number of amides is 5. The smallest absolute Gasteiger partial charge is 0.242 e. The van der Waals surface area contributed by atoms with E-state index >= 15 is 0 Å². The van der Waals surface area contributed by atoms with Crippen molar-refractivity contribution in [3.63, 3.8) is 0 Å². The monoisotopic (exact) mass is 768 g/mol. The number of carbonyl (C=O) groups is 5. The molecule has 5 amide bonds. The highest BCUT2D eigenvalue weighted by atomic mass is 16.5. The highest BCUT2D eigenvalue weighted by Gasteiger charge is 2.41. The van der Waals surface area contributed by atoms with E-state index in [1.807, 2.05) is 39.0 Å². The lowest BCUT2D eigenvalue weighted by molar-refractivity contribution is -0.145. The van der Waals surface area contributed by atoms with Crippen LogP contribution in [0.25, 0.3) is 0 Å². The predicted octanol–water partition coefficient (Wildman–Crippen LogP) is 3.28. The van der Waals surface area contributed by atoms with Crippen molar-refractivity contribution in [1.29, 1.82) is 0 Å². The van der Waals surface area contributed by atoms with Crippen LogP contribution in [0.2, 0.25) is 0 Å². The molecule has 1 fully saturated rings. The number of likely N-dealkylation sites (N-methyl/N-ethyl adjacent to an activating group) is 2. The van der Waals surface area contributed by atoms with E-state index in [1.165, 1.54) is 26.2 Å². The second-order valence-corrected chi connectivity index (χ2v) is 13.6. The highest BCUT2D eigenvalue weighted by molar-refractivity contribution is 5.81. The van der Waals surface area contributed by atoms with Crippen molar-refractivity contribution in [2.45, 2.75) is 111 Å². The van der Waals surface area contributed by atoms with Crippen molar-refractivity contribution < 1.29 is 43.3 Å². The lowest BCUT2D eigenvalue weighted by Gasteiger charge is -2.39. The number of benzene rings is 1. The summed E-state index contributed by atoms with van der Waals surface area (Å²) in [6, 6.07) is 9.81. The van der Waals surface area contributed by atoms with E-state index in [9.17, 15) is 24.0 Å². The third-order valence-corrected chi connectivity index (χ3v) is 9.26. The molecule has 0 spiro atoms. The Bertz CT molecular complexity index is 1150. The summed E-state index contributed by atoms with van der Waals surface area (Å²) in [5.41, 5.74) is 1.32. The Kier molecular flexibility index (Phi) is 30.9. The fourth-order valence-corrected chi connectivity index (χ4v) is 5.92. The molecule has 0 bridgehead atoms. The Morgan fingerprint density at radius 3 is 2.07 bits per heavy atom. The second-order valence-electron chi connectivity index (χ2n) is 13.6. The molecule has 0 aliphatic carbocycles. The number of hydrogen-bond donors (Lipinski definition) is 3. The van der Waals surface area contributed by atoms with Crippen molar-refractivity contribution in [3.8, 4) is 0 Å². The molecule has 2 rings (SSSR count). The van der Waals surface area contributed by atoms with Gasteiger partial charge in [0.25, 0.3) is 0 Å². The van der Waals surface area contributed by atoms with E-state index in [1.54, 1.807) is 42.8 Å². The standard InChI is InChI=1S/C24H44N4O7.C7H8.C6H13NO2.C3H8/c1-7-16(2)22(27(4)21(32)14-25-15-30)19(34-5)13-20(31)28-11-8-9-18(28)23(35-6)17(3)24(33)26-10-12-29;1-7-5-3-2-4-6-7;1-6(4-9-3)7(2)5-8;1-3-2/h15-19,22-23,29H,7-14H2,1-6H3,(H,25,30)(H,26,33);2-6H,1H3;5-6H,4H2,1-3H3;3H2,1-2H3. The Morgan fingerprint density at radius 2 is 1.63 bits per heavy atom. The van der Waals surface area contributed by atoms with E-state index in [-0.39, 0.29) is 67.9 Å². The van der Waals surface area contributed by atoms with E-state index in [0.717, 1.165) is 19.3 Å². The second kappa shape index (κ2) is 31.7. The number of rotatable bonds is 20. The molecule has 7 atom stereocenters. The summed E-state index contributed by atoms with van der Waals surface area (Å²) in [6.45, 7) is 15.1. The Labute approximate surface area is 325 Å². The van der Waals surface area contributed by atoms with Gasteiger partial charge in [0, 0.05) is 48.5 Å². The van der Waals surface area contributed by atoms with Gasteiger partial charge in [-0.3, -0.25) is 24.0 Å². The van der Waals surface area contributed by atoms with Crippen LogP contribution in [0.3, 0.4) is 0 Å². The quantitative estimate of drug-likeness (QED) is 0.169. The lowest BCUT2D eigenvalue weighted by atomic mass is 9.90. The first-order valence-electron chi connectivity index (χ1n) is 19.0. The van der Waals surface area contributed by atoms with Gasteiger partial charge in [0.2, 0.25) is 30.5 Å². The molecule has 1 aromatic carbocycles. The predicted molar refractivity (Wildman–Crippen MR) is 213 cm³/mol. The Hall–Kier alpha value is -3.59. The Morgan fingerprint density at radius 1 is 1.02 bits per heavy atom. The number of hydrogen-bond acceptors (Lipinski definition) is 9. The van der Waals surface area contributed by atoms with Gasteiger partial charge in [0.05, 0.1) is 62.4 Å². The lowest BCUT2D eigenvalue weighted by Crippen LogP contribution is -2.54. The summed E-state index contributed by atoms with van der Waals surface area (Å²) in [7, 11) is 8.08. The number of likely N-dealkylation sites (tertiary alicyclic amines) is 1. The third-order valence-electron chi connectivity index (χ3n) is 9.26. The normalized spacial score (nSPS) is 16.5. The topological polar surface area (TPSA) is 167 Å². The van der Waals surface area contributed by atoms with Gasteiger partial charge in [0.15, 0.2) is 0 Å². The summed E-state index contributed by atoms with van der Waals surface area (Å²) in [4.78, 5) is 64.2. The van der Waals surface area contributed by atoms with Gasteiger partial charge in [-0.1, -0.05) is 83.4 Å². The van der Waals surface area contributed by atoms with Gasteiger partial charge in [-0.2, -0.15) is 0 Å². The van der Waals surface area contributed by atoms with Crippen molar-refractivity contribution in [3.05, 3.63) is 35.9 Å². The minimum atomic E-state index is -0.546. The average molecular weight is 768 g/mol. The third kappa shape index (κ3) is 20.2. The van der Waals surface area contributed by atoms with Crippen LogP contribution in [-0.2, 0) is 38.2 Å². The number of aryl methyl sites for hydroxylation is 1. The highest BCUT2D eigenvalue weighted by Crippen LogP contribution is 2.29. The SMILES string of the molecule is CCC.CCC(C)C(C(CC(=O)N1CCCC1C(OC)C(C)C(=O)NCCO)OC)N(C)C(=O)CNC=O.COCC(C)N(C)C=O.Cc1ccccc1. The van der Waals surface area contributed by atoms with Gasteiger partial charge in [-0.15, -0.1) is 0 Å². The maximum Gasteiger partial charge on any atom is 0.242 e. The van der Waals surface area contributed by atoms with Gasteiger partial charge >= 0.3 is 0 Å². The molecule has 1 saturated heterocycles. The number of aliphatic hydroxyl groups excluding tert-OH is 1. The molecule has 0 aromatic heterocycles. The number of nitrogens with zero attached hydrogens (tertiary/aromatic N) is 3. The zero-order valence-electron chi connectivity index (χ0n) is 35.2. The van der Waals surface area contributed by atoms with Crippen LogP contribution in [0.15, 0.2) is 30.3 Å². The van der Waals surface area contributed by atoms with Gasteiger partial charge in [-0.05, 0) is 32.6 Å². The number of aliphatic hydroxyl groups is 1. The molecule has 1 aliphatic heterocycles. The summed E-state index contributed by atoms with van der Waals surface area (Å²) in [6.07, 6.45) is 3.84. The summed E-state index contributed by atoms with van der Waals surface area (Å²) in [5, 5.41) is 14.1. The van der Waals surface area contributed by atoms with E-state index < -0.39 is 18.1 Å². The van der Waals surface area contributed by atoms with Crippen molar-refractivity contribution in [2.75, 3.05) is 68.3 Å². The molecular formula is C40H73N5O9. The molecular weight excluding hydrogens is 694 g/mol. The summed E-state index contributed by atoms with van der Waals surface area (Å²) in [5.74, 6) is -1.08. The molecule has 1 aliphatic rings. The van der Waals surface area contributed by atoms with Crippen LogP contribution < -0.4 is 10.6 Å². The first kappa shape index (κ1) is 52.5. The maximum absolute atomic E-state index is 13.5. The maximum atomic E-state index is 13.5. The van der Waals surface area contributed by atoms with E-state index in [2.05, 4.69) is 43.5 Å². The van der Waals surface area contributed by atoms with E-state index in [0.29, 0.717) is 26.0 Å². The zero-order valence-corrected chi connectivity index (χ0v) is 35.2. The zero-order chi connectivity index (χ0) is 41.6. The largest absolute Gasteiger partial charge is 0.395 e. The van der Waals surface area contributed by atoms with Crippen molar-refractivity contribution in [2.24, 2.45) is 11.8 Å². The van der Waals surface area contributed by atoms with Crippen LogP contribution in [0.1, 0.15) is 79.2 Å². The molecule has 54 heavy (non-hydrogen) atoms. The Balaban J connectivity index is 0. The number of ether oxygens (including phenoxy) is 3. The molecule has 7 unspecified atom stereocenters.